The van der Waals surface area contributed by atoms with Gasteiger partial charge in [-0.25, -0.2) is 0 Å². The van der Waals surface area contributed by atoms with Crippen molar-refractivity contribution in [1.29, 1.82) is 0 Å². The molecular weight excluding hydrogens is 186 g/mol. The van der Waals surface area contributed by atoms with Crippen molar-refractivity contribution in [3.63, 3.8) is 0 Å². The van der Waals surface area contributed by atoms with Crippen molar-refractivity contribution >= 4 is 17.7 Å². The molecule has 1 aromatic rings. The second-order valence-electron chi connectivity index (χ2n) is 2.50. The molecule has 0 bridgehead atoms. The Morgan fingerprint density at radius 3 is 2.92 bits per heavy atom. The molecule has 3 heteroatoms. The van der Waals surface area contributed by atoms with E-state index in [2.05, 4.69) is 0 Å². The van der Waals surface area contributed by atoms with E-state index in [1.807, 2.05) is 30.4 Å². The minimum Gasteiger partial charge on any atom is -0.495 e. The Kier molecular flexibility index (Phi) is 3.80. The number of ether oxygens (including phenoxy) is 1. The molecule has 0 heterocycles. The molecule has 0 fully saturated rings. The number of nitrogens with two attached hydrogens (primary N) is 1. The first-order chi connectivity index (χ1) is 6.29. The van der Waals surface area contributed by atoms with Gasteiger partial charge in [-0.3, -0.25) is 0 Å². The van der Waals surface area contributed by atoms with Crippen LogP contribution in [0.3, 0.4) is 0 Å². The maximum atomic E-state index is 6.03. The Labute approximate surface area is 83.0 Å². The predicted molar refractivity (Wildman–Crippen MR) is 56.1 cm³/mol. The van der Waals surface area contributed by atoms with Crippen LogP contribution in [-0.4, -0.2) is 13.7 Å². The average Bonchev–Trinajstić information content (AvgIpc) is 2.16. The van der Waals surface area contributed by atoms with Crippen molar-refractivity contribution in [1.82, 2.24) is 0 Å². The Bertz CT molecular complexity index is 310. The molecule has 70 valence electrons. The molecule has 0 aliphatic carbocycles. The zero-order valence-electron chi connectivity index (χ0n) is 7.46. The van der Waals surface area contributed by atoms with Gasteiger partial charge in [0.25, 0.3) is 0 Å². The Balaban J connectivity index is 3.01. The van der Waals surface area contributed by atoms with E-state index >= 15 is 0 Å². The summed E-state index contributed by atoms with van der Waals surface area (Å²) in [7, 11) is 1.59. The molecule has 0 saturated heterocycles. The normalized spacial score (nSPS) is 10.7. The van der Waals surface area contributed by atoms with E-state index in [0.29, 0.717) is 17.3 Å². The molecule has 0 amide bonds. The first-order valence-electron chi connectivity index (χ1n) is 3.98. The van der Waals surface area contributed by atoms with Crippen LogP contribution in [0.4, 0.5) is 0 Å². The average molecular weight is 198 g/mol. The van der Waals surface area contributed by atoms with Gasteiger partial charge in [0.15, 0.2) is 0 Å². The van der Waals surface area contributed by atoms with Crippen LogP contribution in [-0.2, 0) is 0 Å². The van der Waals surface area contributed by atoms with Gasteiger partial charge < -0.3 is 10.5 Å². The van der Waals surface area contributed by atoms with Crippen LogP contribution in [0, 0.1) is 0 Å². The van der Waals surface area contributed by atoms with E-state index in [-0.39, 0.29) is 0 Å². The SMILES string of the molecule is COc1cccc(C=CCN)c1Cl. The summed E-state index contributed by atoms with van der Waals surface area (Å²) >= 11 is 6.03. The quantitative estimate of drug-likeness (QED) is 0.807. The highest BCUT2D eigenvalue weighted by atomic mass is 35.5. The van der Waals surface area contributed by atoms with Crippen molar-refractivity contribution in [2.75, 3.05) is 13.7 Å². The van der Waals surface area contributed by atoms with E-state index < -0.39 is 0 Å². The molecule has 0 aromatic heterocycles. The van der Waals surface area contributed by atoms with E-state index in [1.165, 1.54) is 0 Å². The highest BCUT2D eigenvalue weighted by molar-refractivity contribution is 6.33. The van der Waals surface area contributed by atoms with Crippen LogP contribution in [0.2, 0.25) is 5.02 Å². The summed E-state index contributed by atoms with van der Waals surface area (Å²) in [6, 6.07) is 5.63. The van der Waals surface area contributed by atoms with Crippen molar-refractivity contribution in [2.24, 2.45) is 5.73 Å². The molecule has 0 aliphatic heterocycles. The van der Waals surface area contributed by atoms with Crippen molar-refractivity contribution in [2.45, 2.75) is 0 Å². The number of hydrogen-bond acceptors (Lipinski definition) is 2. The molecule has 0 spiro atoms. The van der Waals surface area contributed by atoms with Gasteiger partial charge >= 0.3 is 0 Å². The second kappa shape index (κ2) is 4.90. The van der Waals surface area contributed by atoms with Gasteiger partial charge in [0.1, 0.15) is 5.75 Å². The topological polar surface area (TPSA) is 35.2 Å². The van der Waals surface area contributed by atoms with Crippen molar-refractivity contribution in [3.8, 4) is 5.75 Å². The fraction of sp³-hybridized carbons (Fsp3) is 0.200. The molecule has 0 aliphatic rings. The minimum absolute atomic E-state index is 0.507. The lowest BCUT2D eigenvalue weighted by molar-refractivity contribution is 0.415. The fourth-order valence-electron chi connectivity index (χ4n) is 1.01. The molecule has 1 rings (SSSR count). The Morgan fingerprint density at radius 2 is 2.31 bits per heavy atom. The number of methoxy groups -OCH3 is 1. The van der Waals surface area contributed by atoms with Gasteiger partial charge in [-0.1, -0.05) is 35.9 Å². The summed E-state index contributed by atoms with van der Waals surface area (Å²) in [5.74, 6) is 0.681. The maximum Gasteiger partial charge on any atom is 0.138 e. The van der Waals surface area contributed by atoms with Gasteiger partial charge in [-0.2, -0.15) is 0 Å². The highest BCUT2D eigenvalue weighted by Crippen LogP contribution is 2.28. The maximum absolute atomic E-state index is 6.03. The van der Waals surface area contributed by atoms with E-state index in [4.69, 9.17) is 22.1 Å². The number of rotatable bonds is 3. The third-order valence-electron chi connectivity index (χ3n) is 1.65. The molecule has 13 heavy (non-hydrogen) atoms. The minimum atomic E-state index is 0.507. The highest BCUT2D eigenvalue weighted by Gasteiger charge is 2.02. The zero-order valence-corrected chi connectivity index (χ0v) is 8.21. The van der Waals surface area contributed by atoms with Crippen LogP contribution in [0.15, 0.2) is 24.3 Å². The molecule has 0 unspecified atom stereocenters. The third kappa shape index (κ3) is 2.47. The fourth-order valence-corrected chi connectivity index (χ4v) is 1.28. The molecule has 0 saturated carbocycles. The third-order valence-corrected chi connectivity index (χ3v) is 2.05. The molecule has 0 radical (unpaired) electrons. The van der Waals surface area contributed by atoms with Gasteiger partial charge in [0.2, 0.25) is 0 Å². The Hall–Kier alpha value is -0.990. The first-order valence-corrected chi connectivity index (χ1v) is 4.36. The lowest BCUT2D eigenvalue weighted by Gasteiger charge is -2.04. The van der Waals surface area contributed by atoms with Gasteiger partial charge in [-0.05, 0) is 11.6 Å². The summed E-state index contributed by atoms with van der Waals surface area (Å²) in [5, 5.41) is 0.620. The number of benzene rings is 1. The summed E-state index contributed by atoms with van der Waals surface area (Å²) in [5.41, 5.74) is 6.26. The van der Waals surface area contributed by atoms with E-state index in [9.17, 15) is 0 Å². The summed E-state index contributed by atoms with van der Waals surface area (Å²) in [6.07, 6.45) is 3.73. The molecule has 1 aromatic carbocycles. The van der Waals surface area contributed by atoms with Gasteiger partial charge in [0.05, 0.1) is 12.1 Å². The van der Waals surface area contributed by atoms with Gasteiger partial charge in [-0.15, -0.1) is 0 Å². The van der Waals surface area contributed by atoms with Crippen LogP contribution in [0.5, 0.6) is 5.75 Å². The van der Waals surface area contributed by atoms with Crippen LogP contribution >= 0.6 is 11.6 Å². The van der Waals surface area contributed by atoms with E-state index in [0.717, 1.165) is 5.56 Å². The molecule has 2 nitrogen and oxygen atoms in total. The van der Waals surface area contributed by atoms with Crippen molar-refractivity contribution < 1.29 is 4.74 Å². The molecule has 0 atom stereocenters. The Morgan fingerprint density at radius 1 is 1.54 bits per heavy atom. The summed E-state index contributed by atoms with van der Waals surface area (Å²) in [6.45, 7) is 0.507. The lowest BCUT2D eigenvalue weighted by atomic mass is 10.2. The van der Waals surface area contributed by atoms with Crippen LogP contribution in [0.25, 0.3) is 6.08 Å². The molecular formula is C10H12ClNO. The first kappa shape index (κ1) is 10.1. The van der Waals surface area contributed by atoms with Crippen LogP contribution in [0.1, 0.15) is 5.56 Å². The second-order valence-corrected chi connectivity index (χ2v) is 2.88. The number of hydrogen-bond donors (Lipinski definition) is 1. The van der Waals surface area contributed by atoms with Crippen LogP contribution < -0.4 is 10.5 Å². The van der Waals surface area contributed by atoms with E-state index in [1.54, 1.807) is 7.11 Å². The zero-order chi connectivity index (χ0) is 9.68. The lowest BCUT2D eigenvalue weighted by Crippen LogP contribution is -1.92. The summed E-state index contributed by atoms with van der Waals surface area (Å²) < 4.78 is 5.07. The smallest absolute Gasteiger partial charge is 0.138 e. The molecule has 2 N–H and O–H groups in total. The predicted octanol–water partition coefficient (Wildman–Crippen LogP) is 2.32. The van der Waals surface area contributed by atoms with Crippen molar-refractivity contribution in [3.05, 3.63) is 34.9 Å². The number of halogens is 1. The largest absolute Gasteiger partial charge is 0.495 e. The summed E-state index contributed by atoms with van der Waals surface area (Å²) in [4.78, 5) is 0. The standard InChI is InChI=1S/C10H12ClNO/c1-13-9-6-2-4-8(10(9)11)5-3-7-12/h2-6H,7,12H2,1H3. The van der Waals surface area contributed by atoms with Gasteiger partial charge in [0, 0.05) is 6.54 Å². The monoisotopic (exact) mass is 197 g/mol.